The molecule has 1 saturated carbocycles. The molecule has 0 spiro atoms. The van der Waals surface area contributed by atoms with Crippen LogP contribution >= 0.6 is 11.6 Å². The van der Waals surface area contributed by atoms with Crippen molar-refractivity contribution in [2.75, 3.05) is 0 Å². The molecule has 0 N–H and O–H groups in total. The van der Waals surface area contributed by atoms with Gasteiger partial charge in [-0.05, 0) is 25.0 Å². The average Bonchev–Trinajstić information content (AvgIpc) is 2.84. The molecular formula is C13H12ClFO. The molecule has 1 heterocycles. The molecule has 84 valence electrons. The number of hydrogen-bond acceptors (Lipinski definition) is 1. The number of alkyl halides is 1. The fraction of sp³-hybridized carbons (Fsp3) is 0.385. The van der Waals surface area contributed by atoms with Crippen LogP contribution in [0.2, 0.25) is 0 Å². The van der Waals surface area contributed by atoms with Crippen molar-refractivity contribution in [1.29, 1.82) is 0 Å². The maximum absolute atomic E-state index is 13.5. The van der Waals surface area contributed by atoms with Crippen molar-refractivity contribution < 1.29 is 8.81 Å². The molecule has 3 heteroatoms. The second kappa shape index (κ2) is 3.77. The predicted molar refractivity (Wildman–Crippen MR) is 62.4 cm³/mol. The third-order valence-corrected chi connectivity index (χ3v) is 3.83. The summed E-state index contributed by atoms with van der Waals surface area (Å²) in [6.45, 7) is 0. The molecule has 1 aliphatic carbocycles. The molecule has 2 aromatic rings. The molecule has 0 radical (unpaired) electrons. The molecule has 1 aliphatic rings. The fourth-order valence-electron chi connectivity index (χ4n) is 2.47. The quantitative estimate of drug-likeness (QED) is 0.669. The van der Waals surface area contributed by atoms with Crippen molar-refractivity contribution in [3.8, 4) is 0 Å². The van der Waals surface area contributed by atoms with Crippen LogP contribution in [0, 0.1) is 5.82 Å². The lowest BCUT2D eigenvalue weighted by molar-refractivity contribution is 0.480. The third-order valence-electron chi connectivity index (χ3n) is 3.31. The summed E-state index contributed by atoms with van der Waals surface area (Å²) >= 11 is 6.23. The van der Waals surface area contributed by atoms with E-state index in [1.54, 1.807) is 6.07 Å². The van der Waals surface area contributed by atoms with Gasteiger partial charge in [0.1, 0.15) is 5.76 Å². The zero-order valence-electron chi connectivity index (χ0n) is 8.75. The van der Waals surface area contributed by atoms with E-state index in [4.69, 9.17) is 16.0 Å². The van der Waals surface area contributed by atoms with Gasteiger partial charge in [-0.15, -0.1) is 11.6 Å². The van der Waals surface area contributed by atoms with Gasteiger partial charge in [-0.3, -0.25) is 0 Å². The first-order chi connectivity index (χ1) is 7.75. The standard InChI is InChI=1S/C13H12ClFO/c14-10-5-2-4-9(10)12-7-8-3-1-6-11(15)13(8)16-12/h1,3,6-7,9-10H,2,4-5H2. The lowest BCUT2D eigenvalue weighted by Crippen LogP contribution is -2.03. The topological polar surface area (TPSA) is 13.1 Å². The molecule has 0 amide bonds. The van der Waals surface area contributed by atoms with E-state index in [0.29, 0.717) is 5.58 Å². The van der Waals surface area contributed by atoms with Gasteiger partial charge in [0.25, 0.3) is 0 Å². The average molecular weight is 239 g/mol. The zero-order valence-corrected chi connectivity index (χ0v) is 9.51. The highest BCUT2D eigenvalue weighted by molar-refractivity contribution is 6.21. The van der Waals surface area contributed by atoms with E-state index >= 15 is 0 Å². The van der Waals surface area contributed by atoms with Crippen LogP contribution in [0.4, 0.5) is 4.39 Å². The molecule has 1 nitrogen and oxygen atoms in total. The van der Waals surface area contributed by atoms with E-state index in [0.717, 1.165) is 30.4 Å². The van der Waals surface area contributed by atoms with Crippen molar-refractivity contribution in [3.05, 3.63) is 35.8 Å². The van der Waals surface area contributed by atoms with Crippen molar-refractivity contribution >= 4 is 22.6 Å². The van der Waals surface area contributed by atoms with Gasteiger partial charge in [-0.2, -0.15) is 0 Å². The summed E-state index contributed by atoms with van der Waals surface area (Å²) in [4.78, 5) is 0. The van der Waals surface area contributed by atoms with Crippen LogP contribution in [-0.2, 0) is 0 Å². The molecule has 2 unspecified atom stereocenters. The molecule has 1 aromatic heterocycles. The first-order valence-electron chi connectivity index (χ1n) is 5.58. The summed E-state index contributed by atoms with van der Waals surface area (Å²) < 4.78 is 19.1. The Labute approximate surface area is 98.2 Å². The smallest absolute Gasteiger partial charge is 0.169 e. The van der Waals surface area contributed by atoms with Crippen LogP contribution in [0.1, 0.15) is 30.9 Å². The van der Waals surface area contributed by atoms with Crippen molar-refractivity contribution in [3.63, 3.8) is 0 Å². The second-order valence-electron chi connectivity index (χ2n) is 4.36. The summed E-state index contributed by atoms with van der Waals surface area (Å²) in [5.41, 5.74) is 0.355. The second-order valence-corrected chi connectivity index (χ2v) is 4.92. The molecule has 16 heavy (non-hydrogen) atoms. The Kier molecular flexibility index (Phi) is 2.40. The number of rotatable bonds is 1. The third kappa shape index (κ3) is 1.52. The number of benzene rings is 1. The summed E-state index contributed by atoms with van der Waals surface area (Å²) in [6, 6.07) is 6.90. The summed E-state index contributed by atoms with van der Waals surface area (Å²) in [5, 5.41) is 0.953. The summed E-state index contributed by atoms with van der Waals surface area (Å²) in [7, 11) is 0. The Balaban J connectivity index is 2.08. The van der Waals surface area contributed by atoms with E-state index in [9.17, 15) is 4.39 Å². The zero-order chi connectivity index (χ0) is 11.1. The number of fused-ring (bicyclic) bond motifs is 1. The van der Waals surface area contributed by atoms with Gasteiger partial charge in [0.05, 0.1) is 0 Å². The fourth-order valence-corrected chi connectivity index (χ4v) is 2.87. The normalized spacial score (nSPS) is 25.4. The molecular weight excluding hydrogens is 227 g/mol. The Morgan fingerprint density at radius 1 is 1.31 bits per heavy atom. The summed E-state index contributed by atoms with van der Waals surface area (Å²) in [6.07, 6.45) is 3.18. The van der Waals surface area contributed by atoms with Gasteiger partial charge in [-0.1, -0.05) is 18.6 Å². The molecule has 1 fully saturated rings. The highest BCUT2D eigenvalue weighted by Gasteiger charge is 2.29. The first kappa shape index (κ1) is 10.2. The Morgan fingerprint density at radius 2 is 2.19 bits per heavy atom. The minimum absolute atomic E-state index is 0.128. The van der Waals surface area contributed by atoms with Crippen LogP contribution in [-0.4, -0.2) is 5.38 Å². The van der Waals surface area contributed by atoms with Gasteiger partial charge in [0.15, 0.2) is 11.4 Å². The van der Waals surface area contributed by atoms with Crippen LogP contribution in [0.25, 0.3) is 11.0 Å². The highest BCUT2D eigenvalue weighted by atomic mass is 35.5. The van der Waals surface area contributed by atoms with E-state index in [2.05, 4.69) is 0 Å². The highest BCUT2D eigenvalue weighted by Crippen LogP contribution is 2.40. The van der Waals surface area contributed by atoms with E-state index in [1.807, 2.05) is 12.1 Å². The number of halogens is 2. The molecule has 1 aromatic carbocycles. The molecule has 3 rings (SSSR count). The largest absolute Gasteiger partial charge is 0.458 e. The Bertz CT molecular complexity index is 520. The van der Waals surface area contributed by atoms with Gasteiger partial charge >= 0.3 is 0 Å². The lowest BCUT2D eigenvalue weighted by atomic mass is 10.0. The van der Waals surface area contributed by atoms with Crippen LogP contribution in [0.15, 0.2) is 28.7 Å². The predicted octanol–water partition coefficient (Wildman–Crippen LogP) is 4.45. The van der Waals surface area contributed by atoms with Crippen molar-refractivity contribution in [1.82, 2.24) is 0 Å². The number of hydrogen-bond donors (Lipinski definition) is 0. The Hall–Kier alpha value is -1.02. The minimum atomic E-state index is -0.298. The Morgan fingerprint density at radius 3 is 2.88 bits per heavy atom. The van der Waals surface area contributed by atoms with E-state index < -0.39 is 0 Å². The van der Waals surface area contributed by atoms with Crippen molar-refractivity contribution in [2.45, 2.75) is 30.6 Å². The number of furan rings is 1. The van der Waals surface area contributed by atoms with Crippen LogP contribution < -0.4 is 0 Å². The molecule has 0 saturated heterocycles. The van der Waals surface area contributed by atoms with Crippen molar-refractivity contribution in [2.24, 2.45) is 0 Å². The van der Waals surface area contributed by atoms with E-state index in [1.165, 1.54) is 6.07 Å². The van der Waals surface area contributed by atoms with Gasteiger partial charge in [0, 0.05) is 16.7 Å². The van der Waals surface area contributed by atoms with Gasteiger partial charge in [-0.25, -0.2) is 4.39 Å². The molecule has 2 atom stereocenters. The van der Waals surface area contributed by atoms with E-state index in [-0.39, 0.29) is 17.1 Å². The lowest BCUT2D eigenvalue weighted by Gasteiger charge is -2.09. The van der Waals surface area contributed by atoms with Gasteiger partial charge in [0.2, 0.25) is 0 Å². The molecule has 0 bridgehead atoms. The summed E-state index contributed by atoms with van der Waals surface area (Å²) in [5.74, 6) is 0.777. The van der Waals surface area contributed by atoms with Crippen LogP contribution in [0.3, 0.4) is 0 Å². The molecule has 0 aliphatic heterocycles. The maximum Gasteiger partial charge on any atom is 0.169 e. The minimum Gasteiger partial charge on any atom is -0.458 e. The SMILES string of the molecule is Fc1cccc2cc(C3CCCC3Cl)oc12. The monoisotopic (exact) mass is 238 g/mol. The first-order valence-corrected chi connectivity index (χ1v) is 6.01. The maximum atomic E-state index is 13.5. The number of para-hydroxylation sites is 1. The van der Waals surface area contributed by atoms with Crippen LogP contribution in [0.5, 0.6) is 0 Å². The van der Waals surface area contributed by atoms with Gasteiger partial charge < -0.3 is 4.42 Å².